The molecule has 0 amide bonds. The topological polar surface area (TPSA) is 149 Å². The molecule has 11 heteroatoms. The molecule has 0 aliphatic heterocycles. The Balaban J connectivity index is 4.25. The smallest absolute Gasteiger partial charge is 0.462 e. The lowest BCUT2D eigenvalue weighted by atomic mass is 10.0. The van der Waals surface area contributed by atoms with Gasteiger partial charge in [0, 0.05) is 12.8 Å². The molecule has 0 aromatic heterocycles. The number of hydrogen-bond donors (Lipinski definition) is 3. The van der Waals surface area contributed by atoms with Crippen LogP contribution in [0.5, 0.6) is 0 Å². The summed E-state index contributed by atoms with van der Waals surface area (Å²) in [5.41, 5.74) is 0. The standard InChI is InChI=1S/C50H91O10P/c1-3-5-7-9-11-13-15-17-19-21-22-23-24-26-27-29-31-33-35-37-39-41-49(53)57-45-48(46-59-61(55,56)58-44-47(52)43-51)60-50(54)42-40-38-36-34-32-30-28-25-20-18-16-14-12-10-8-6-4-2/h12,14,18,20,28,30,34,36,47-48,51-52H,3-11,13,15-17,19,21-27,29,31-33,35,37-46H2,1-2H3,(H,55,56)/b14-12+,20-18+,30-28+,36-34+/t47-,48+/m0/s1. The van der Waals surface area contributed by atoms with Crippen molar-refractivity contribution in [1.29, 1.82) is 0 Å². The van der Waals surface area contributed by atoms with Gasteiger partial charge in [-0.3, -0.25) is 18.6 Å². The predicted octanol–water partition coefficient (Wildman–Crippen LogP) is 13.7. The highest BCUT2D eigenvalue weighted by molar-refractivity contribution is 7.47. The molecule has 0 heterocycles. The molecule has 0 bridgehead atoms. The second-order valence-corrected chi connectivity index (χ2v) is 17.9. The Morgan fingerprint density at radius 3 is 1.33 bits per heavy atom. The summed E-state index contributed by atoms with van der Waals surface area (Å²) in [5.74, 6) is -0.983. The van der Waals surface area contributed by atoms with E-state index < -0.39 is 51.8 Å². The Morgan fingerprint density at radius 1 is 0.492 bits per heavy atom. The molecule has 356 valence electrons. The van der Waals surface area contributed by atoms with Crippen LogP contribution in [0.4, 0.5) is 0 Å². The van der Waals surface area contributed by atoms with E-state index in [9.17, 15) is 24.2 Å². The van der Waals surface area contributed by atoms with Crippen molar-refractivity contribution in [1.82, 2.24) is 0 Å². The first-order chi connectivity index (χ1) is 29.7. The molecule has 0 aromatic rings. The van der Waals surface area contributed by atoms with E-state index >= 15 is 0 Å². The number of aliphatic hydroxyl groups is 2. The number of rotatable bonds is 46. The maximum Gasteiger partial charge on any atom is 0.472 e. The first-order valence-corrected chi connectivity index (χ1v) is 26.1. The van der Waals surface area contributed by atoms with Crippen LogP contribution in [0.3, 0.4) is 0 Å². The highest BCUT2D eigenvalue weighted by Gasteiger charge is 2.27. The Morgan fingerprint density at radius 2 is 0.869 bits per heavy atom. The summed E-state index contributed by atoms with van der Waals surface area (Å²) in [7, 11) is -4.64. The monoisotopic (exact) mass is 883 g/mol. The molecule has 10 nitrogen and oxygen atoms in total. The van der Waals surface area contributed by atoms with E-state index in [2.05, 4.69) is 56.4 Å². The van der Waals surface area contributed by atoms with Crippen LogP contribution in [-0.2, 0) is 32.7 Å². The van der Waals surface area contributed by atoms with Crippen LogP contribution in [0.2, 0.25) is 0 Å². The summed E-state index contributed by atoms with van der Waals surface area (Å²) in [5, 5.41) is 18.4. The van der Waals surface area contributed by atoms with Gasteiger partial charge in [-0.2, -0.15) is 0 Å². The van der Waals surface area contributed by atoms with Gasteiger partial charge in [-0.15, -0.1) is 0 Å². The number of esters is 2. The third-order valence-corrected chi connectivity index (χ3v) is 11.4. The predicted molar refractivity (Wildman–Crippen MR) is 251 cm³/mol. The van der Waals surface area contributed by atoms with E-state index in [1.165, 1.54) is 128 Å². The molecule has 0 saturated carbocycles. The Hall–Kier alpha value is -2.07. The summed E-state index contributed by atoms with van der Waals surface area (Å²) >= 11 is 0. The van der Waals surface area contributed by atoms with Gasteiger partial charge in [0.1, 0.15) is 12.7 Å². The Kier molecular flexibility index (Phi) is 44.4. The third kappa shape index (κ3) is 45.8. The van der Waals surface area contributed by atoms with Crippen molar-refractivity contribution in [3.05, 3.63) is 48.6 Å². The average Bonchev–Trinajstić information content (AvgIpc) is 3.25. The fraction of sp³-hybridized carbons (Fsp3) is 0.800. The van der Waals surface area contributed by atoms with E-state index in [0.717, 1.165) is 44.9 Å². The Labute approximate surface area is 373 Å². The summed E-state index contributed by atoms with van der Waals surface area (Å²) < 4.78 is 32.8. The van der Waals surface area contributed by atoms with E-state index in [0.29, 0.717) is 19.3 Å². The number of hydrogen-bond acceptors (Lipinski definition) is 9. The maximum atomic E-state index is 12.6. The fourth-order valence-electron chi connectivity index (χ4n) is 6.69. The highest BCUT2D eigenvalue weighted by atomic mass is 31.2. The van der Waals surface area contributed by atoms with Crippen LogP contribution in [-0.4, -0.2) is 65.7 Å². The number of aliphatic hydroxyl groups excluding tert-OH is 2. The van der Waals surface area contributed by atoms with Gasteiger partial charge in [-0.1, -0.05) is 204 Å². The van der Waals surface area contributed by atoms with E-state index in [1.54, 1.807) is 0 Å². The van der Waals surface area contributed by atoms with E-state index in [4.69, 9.17) is 23.6 Å². The summed E-state index contributed by atoms with van der Waals surface area (Å²) in [6, 6.07) is 0. The molecule has 0 spiro atoms. The zero-order valence-corrected chi connectivity index (χ0v) is 39.8. The van der Waals surface area contributed by atoms with Crippen LogP contribution < -0.4 is 0 Å². The average molecular weight is 883 g/mol. The van der Waals surface area contributed by atoms with Gasteiger partial charge in [0.15, 0.2) is 6.10 Å². The van der Waals surface area contributed by atoms with Crippen molar-refractivity contribution in [2.24, 2.45) is 0 Å². The molecule has 1 unspecified atom stereocenters. The maximum absolute atomic E-state index is 12.6. The van der Waals surface area contributed by atoms with E-state index in [1.807, 2.05) is 6.08 Å². The minimum atomic E-state index is -4.64. The van der Waals surface area contributed by atoms with Gasteiger partial charge >= 0.3 is 19.8 Å². The number of phosphoric acid groups is 1. The second kappa shape index (κ2) is 45.9. The molecule has 61 heavy (non-hydrogen) atoms. The molecule has 0 radical (unpaired) electrons. The molecule has 0 rings (SSSR count). The minimum Gasteiger partial charge on any atom is -0.462 e. The number of ether oxygens (including phenoxy) is 2. The van der Waals surface area contributed by atoms with Crippen molar-refractivity contribution >= 4 is 19.8 Å². The molecule has 3 atom stereocenters. The van der Waals surface area contributed by atoms with Gasteiger partial charge in [-0.25, -0.2) is 4.57 Å². The van der Waals surface area contributed by atoms with Gasteiger partial charge < -0.3 is 24.6 Å². The van der Waals surface area contributed by atoms with Crippen molar-refractivity contribution < 1.29 is 47.8 Å². The number of carbonyl (C=O) groups is 2. The number of phosphoric ester groups is 1. The summed E-state index contributed by atoms with van der Waals surface area (Å²) in [6.07, 6.45) is 50.9. The third-order valence-electron chi connectivity index (χ3n) is 10.5. The summed E-state index contributed by atoms with van der Waals surface area (Å²) in [6.45, 7) is 2.32. The zero-order valence-electron chi connectivity index (χ0n) is 38.9. The van der Waals surface area contributed by atoms with Crippen LogP contribution in [0.15, 0.2) is 48.6 Å². The lowest BCUT2D eigenvalue weighted by molar-refractivity contribution is -0.161. The quantitative estimate of drug-likeness (QED) is 0.0233. The molecule has 3 N–H and O–H groups in total. The fourth-order valence-corrected chi connectivity index (χ4v) is 7.48. The molecule has 0 aliphatic rings. The van der Waals surface area contributed by atoms with Gasteiger partial charge in [-0.05, 0) is 51.4 Å². The second-order valence-electron chi connectivity index (χ2n) is 16.5. The number of allylic oxidation sites excluding steroid dienone is 8. The first-order valence-electron chi connectivity index (χ1n) is 24.6. The van der Waals surface area contributed by atoms with Crippen LogP contribution >= 0.6 is 7.82 Å². The lowest BCUT2D eigenvalue weighted by Crippen LogP contribution is -2.29. The molecule has 0 fully saturated rings. The lowest BCUT2D eigenvalue weighted by Gasteiger charge is -2.20. The summed E-state index contributed by atoms with van der Waals surface area (Å²) in [4.78, 5) is 35.1. The Bertz CT molecular complexity index is 1150. The largest absolute Gasteiger partial charge is 0.472 e. The molecule has 0 saturated heterocycles. The van der Waals surface area contributed by atoms with E-state index in [-0.39, 0.29) is 19.4 Å². The van der Waals surface area contributed by atoms with Crippen LogP contribution in [0.25, 0.3) is 0 Å². The SMILES string of the molecule is CCCCC/C=C/C/C=C/C/C=C/C/C=C/CCCC(=O)O[C@H](COC(=O)CCCCCCCCCCCCCCCCCCCCCCC)COP(=O)(O)OC[C@@H](O)CO. The van der Waals surface area contributed by atoms with Gasteiger partial charge in [0.05, 0.1) is 19.8 Å². The molecule has 0 aromatic carbocycles. The normalized spacial score (nSPS) is 14.1. The van der Waals surface area contributed by atoms with Crippen LogP contribution in [0, 0.1) is 0 Å². The van der Waals surface area contributed by atoms with Crippen molar-refractivity contribution in [3.63, 3.8) is 0 Å². The van der Waals surface area contributed by atoms with Gasteiger partial charge in [0.2, 0.25) is 0 Å². The zero-order chi connectivity index (χ0) is 44.8. The number of unbranched alkanes of at least 4 members (excludes halogenated alkanes) is 24. The molecular weight excluding hydrogens is 792 g/mol. The van der Waals surface area contributed by atoms with Crippen LogP contribution in [0.1, 0.15) is 219 Å². The van der Waals surface area contributed by atoms with Crippen molar-refractivity contribution in [3.8, 4) is 0 Å². The van der Waals surface area contributed by atoms with Gasteiger partial charge in [0.25, 0.3) is 0 Å². The molecular formula is C50H91O10P. The minimum absolute atomic E-state index is 0.109. The molecule has 0 aliphatic carbocycles. The number of carbonyl (C=O) groups excluding carboxylic acids is 2. The van der Waals surface area contributed by atoms with Crippen molar-refractivity contribution in [2.75, 3.05) is 26.4 Å². The highest BCUT2D eigenvalue weighted by Crippen LogP contribution is 2.43. The first kappa shape index (κ1) is 58.9. The van der Waals surface area contributed by atoms with Crippen molar-refractivity contribution in [2.45, 2.75) is 232 Å².